The van der Waals surface area contributed by atoms with Crippen molar-refractivity contribution in [2.75, 3.05) is 19.5 Å². The summed E-state index contributed by atoms with van der Waals surface area (Å²) in [6.07, 6.45) is 0.0807. The van der Waals surface area contributed by atoms with E-state index in [0.29, 0.717) is 32.3 Å². The van der Waals surface area contributed by atoms with Crippen molar-refractivity contribution in [1.82, 2.24) is 4.90 Å². The quantitative estimate of drug-likeness (QED) is 0.758. The molecule has 0 saturated carbocycles. The number of nitrogens with one attached hydrogen (secondary N) is 1. The first kappa shape index (κ1) is 20.5. The van der Waals surface area contributed by atoms with Gasteiger partial charge in [0.15, 0.2) is 5.17 Å². The van der Waals surface area contributed by atoms with Crippen molar-refractivity contribution in [3.63, 3.8) is 0 Å². The first-order valence-corrected chi connectivity index (χ1v) is 9.93. The summed E-state index contributed by atoms with van der Waals surface area (Å²) < 4.78 is 5.16. The fourth-order valence-electron chi connectivity index (χ4n) is 2.49. The van der Waals surface area contributed by atoms with E-state index in [4.69, 9.17) is 27.9 Å². The van der Waals surface area contributed by atoms with Gasteiger partial charge in [0.05, 0.1) is 22.8 Å². The number of carbonyl (C=O) groups excluding carboxylic acids is 2. The number of amidine groups is 1. The van der Waals surface area contributed by atoms with E-state index >= 15 is 0 Å². The van der Waals surface area contributed by atoms with Crippen LogP contribution in [0.1, 0.15) is 6.42 Å². The Morgan fingerprint density at radius 3 is 2.75 bits per heavy atom. The smallest absolute Gasteiger partial charge is 0.238 e. The highest BCUT2D eigenvalue weighted by Gasteiger charge is 2.34. The minimum Gasteiger partial charge on any atom is -0.497 e. The van der Waals surface area contributed by atoms with E-state index in [1.807, 2.05) is 0 Å². The van der Waals surface area contributed by atoms with Crippen molar-refractivity contribution in [2.45, 2.75) is 11.7 Å². The molecule has 0 bridgehead atoms. The lowest BCUT2D eigenvalue weighted by atomic mass is 10.2. The number of methoxy groups -OCH3 is 1. The maximum absolute atomic E-state index is 12.7. The van der Waals surface area contributed by atoms with E-state index in [9.17, 15) is 9.59 Å². The molecule has 3 rings (SSSR count). The lowest BCUT2D eigenvalue weighted by Gasteiger charge is -2.28. The Labute approximate surface area is 176 Å². The van der Waals surface area contributed by atoms with Crippen LogP contribution < -0.4 is 10.1 Å². The van der Waals surface area contributed by atoms with Gasteiger partial charge in [-0.25, -0.2) is 4.99 Å². The van der Waals surface area contributed by atoms with Gasteiger partial charge in [-0.2, -0.15) is 0 Å². The third kappa shape index (κ3) is 4.79. The molecule has 1 saturated heterocycles. The second-order valence-corrected chi connectivity index (χ2v) is 7.96. The molecular formula is C19H17Cl2N3O3S. The second-order valence-electron chi connectivity index (χ2n) is 5.98. The number of anilines is 1. The minimum absolute atomic E-state index is 0.0807. The summed E-state index contributed by atoms with van der Waals surface area (Å²) in [5, 5.41) is 3.42. The zero-order valence-electron chi connectivity index (χ0n) is 15.1. The van der Waals surface area contributed by atoms with Crippen LogP contribution in [0.4, 0.5) is 11.4 Å². The van der Waals surface area contributed by atoms with Crippen molar-refractivity contribution in [1.29, 1.82) is 0 Å². The molecule has 6 nitrogen and oxygen atoms in total. The number of carbonyl (C=O) groups is 2. The Balaban J connectivity index is 1.79. The van der Waals surface area contributed by atoms with Crippen molar-refractivity contribution in [3.8, 4) is 5.75 Å². The Morgan fingerprint density at radius 2 is 2.04 bits per heavy atom. The van der Waals surface area contributed by atoms with Crippen LogP contribution in [0.3, 0.4) is 0 Å². The molecule has 2 aromatic carbocycles. The second kappa shape index (κ2) is 8.86. The minimum atomic E-state index is -0.601. The van der Waals surface area contributed by atoms with Crippen LogP contribution in [0.5, 0.6) is 5.75 Å². The van der Waals surface area contributed by atoms with Crippen molar-refractivity contribution in [3.05, 3.63) is 52.5 Å². The van der Waals surface area contributed by atoms with Gasteiger partial charge in [0.25, 0.3) is 0 Å². The maximum atomic E-state index is 12.7. The molecule has 28 heavy (non-hydrogen) atoms. The first-order valence-electron chi connectivity index (χ1n) is 8.29. The summed E-state index contributed by atoms with van der Waals surface area (Å²) in [7, 11) is 3.18. The Morgan fingerprint density at radius 1 is 1.25 bits per heavy atom. The fourth-order valence-corrected chi connectivity index (χ4v) is 3.84. The molecule has 146 valence electrons. The van der Waals surface area contributed by atoms with Gasteiger partial charge >= 0.3 is 0 Å². The molecule has 1 aliphatic heterocycles. The van der Waals surface area contributed by atoms with Crippen LogP contribution in [-0.2, 0) is 9.59 Å². The fraction of sp³-hybridized carbons (Fsp3) is 0.211. The topological polar surface area (TPSA) is 71.0 Å². The summed E-state index contributed by atoms with van der Waals surface area (Å²) in [4.78, 5) is 30.9. The molecule has 1 atom stereocenters. The summed E-state index contributed by atoms with van der Waals surface area (Å²) >= 11 is 13.2. The van der Waals surface area contributed by atoms with Gasteiger partial charge in [0.2, 0.25) is 11.8 Å². The van der Waals surface area contributed by atoms with Gasteiger partial charge in [-0.05, 0) is 30.3 Å². The number of halogens is 2. The number of benzene rings is 2. The Hall–Kier alpha value is -2.22. The number of hydrogen-bond donors (Lipinski definition) is 1. The summed E-state index contributed by atoms with van der Waals surface area (Å²) in [5.41, 5.74) is 1.14. The van der Waals surface area contributed by atoms with Gasteiger partial charge in [0.1, 0.15) is 11.0 Å². The zero-order chi connectivity index (χ0) is 20.3. The normalized spacial score (nSPS) is 18.3. The predicted molar refractivity (Wildman–Crippen MR) is 114 cm³/mol. The van der Waals surface area contributed by atoms with Crippen LogP contribution >= 0.6 is 35.0 Å². The van der Waals surface area contributed by atoms with Gasteiger partial charge in [-0.15, -0.1) is 0 Å². The third-order valence-corrected chi connectivity index (χ3v) is 6.01. The number of hydrogen-bond acceptors (Lipinski definition) is 5. The van der Waals surface area contributed by atoms with Crippen molar-refractivity contribution >= 4 is 63.3 Å². The van der Waals surface area contributed by atoms with Crippen molar-refractivity contribution in [2.24, 2.45) is 4.99 Å². The highest BCUT2D eigenvalue weighted by atomic mass is 35.5. The van der Waals surface area contributed by atoms with Gasteiger partial charge < -0.3 is 10.1 Å². The SMILES string of the molecule is COc1cccc(NC(=O)C2CC(=O)N(C)C(=Nc3ccc(Cl)c(Cl)c3)S2)c1. The van der Waals surface area contributed by atoms with Gasteiger partial charge in [-0.1, -0.05) is 41.0 Å². The van der Waals surface area contributed by atoms with Crippen LogP contribution in [0, 0.1) is 0 Å². The molecule has 9 heteroatoms. The average Bonchev–Trinajstić information content (AvgIpc) is 2.68. The van der Waals surface area contributed by atoms with Crippen LogP contribution in [0.25, 0.3) is 0 Å². The Bertz CT molecular complexity index is 952. The van der Waals surface area contributed by atoms with E-state index in [1.165, 1.54) is 16.7 Å². The number of amides is 2. The van der Waals surface area contributed by atoms with E-state index in [1.54, 1.807) is 56.6 Å². The lowest BCUT2D eigenvalue weighted by Crippen LogP contribution is -2.43. The third-order valence-electron chi connectivity index (χ3n) is 4.03. The summed E-state index contributed by atoms with van der Waals surface area (Å²) in [6, 6.07) is 12.0. The predicted octanol–water partition coefficient (Wildman–Crippen LogP) is 4.59. The highest BCUT2D eigenvalue weighted by molar-refractivity contribution is 8.15. The van der Waals surface area contributed by atoms with E-state index < -0.39 is 5.25 Å². The van der Waals surface area contributed by atoms with Crippen molar-refractivity contribution < 1.29 is 14.3 Å². The first-order chi connectivity index (χ1) is 13.4. The maximum Gasteiger partial charge on any atom is 0.238 e. The summed E-state index contributed by atoms with van der Waals surface area (Å²) in [6.45, 7) is 0. The lowest BCUT2D eigenvalue weighted by molar-refractivity contribution is -0.128. The molecule has 0 spiro atoms. The monoisotopic (exact) mass is 437 g/mol. The molecule has 0 aliphatic carbocycles. The number of ether oxygens (including phenoxy) is 1. The average molecular weight is 438 g/mol. The number of nitrogens with zero attached hydrogens (tertiary/aromatic N) is 2. The molecule has 1 fully saturated rings. The Kier molecular flexibility index (Phi) is 6.49. The number of aliphatic imine (C=N–C) groups is 1. The number of thioether (sulfide) groups is 1. The molecular weight excluding hydrogens is 421 g/mol. The van der Waals surface area contributed by atoms with E-state index in [0.717, 1.165) is 0 Å². The molecule has 2 aromatic rings. The molecule has 1 heterocycles. The molecule has 2 amide bonds. The van der Waals surface area contributed by atoms with Gasteiger partial charge in [0, 0.05) is 25.2 Å². The molecule has 0 radical (unpaired) electrons. The largest absolute Gasteiger partial charge is 0.497 e. The van der Waals surface area contributed by atoms with Gasteiger partial charge in [-0.3, -0.25) is 14.5 Å². The molecule has 1 unspecified atom stereocenters. The molecule has 1 N–H and O–H groups in total. The number of rotatable bonds is 4. The zero-order valence-corrected chi connectivity index (χ0v) is 17.4. The summed E-state index contributed by atoms with van der Waals surface area (Å²) in [5.74, 6) is 0.164. The van der Waals surface area contributed by atoms with E-state index in [2.05, 4.69) is 10.3 Å². The standard InChI is InChI=1S/C19H17Cl2N3O3S/c1-24-17(25)10-16(18(26)22-11-4-3-5-13(8-11)27-2)28-19(24)23-12-6-7-14(20)15(21)9-12/h3-9,16H,10H2,1-2H3,(H,22,26). The van der Waals surface area contributed by atoms with Crippen LogP contribution in [0.2, 0.25) is 10.0 Å². The highest BCUT2D eigenvalue weighted by Crippen LogP contribution is 2.31. The molecule has 0 aromatic heterocycles. The van der Waals surface area contributed by atoms with E-state index in [-0.39, 0.29) is 18.2 Å². The van der Waals surface area contributed by atoms with Crippen LogP contribution in [0.15, 0.2) is 47.5 Å². The van der Waals surface area contributed by atoms with Crippen LogP contribution in [-0.4, -0.2) is 41.3 Å². The molecule has 1 aliphatic rings.